The molecule has 0 bridgehead atoms. The molecule has 0 aromatic heterocycles. The van der Waals surface area contributed by atoms with E-state index in [0.29, 0.717) is 0 Å². The molecule has 6 nitrogen and oxygen atoms in total. The molecule has 8 heteroatoms. The fraction of sp³-hybridized carbons (Fsp3) is 0.556. The highest BCUT2D eigenvalue weighted by Gasteiger charge is 2.40. The van der Waals surface area contributed by atoms with Gasteiger partial charge in [-0.15, -0.1) is 12.3 Å². The van der Waals surface area contributed by atoms with Crippen molar-refractivity contribution in [2.24, 2.45) is 0 Å². The van der Waals surface area contributed by atoms with Gasteiger partial charge >= 0.3 is 10.1 Å². The minimum absolute atomic E-state index is 0.0316. The van der Waals surface area contributed by atoms with Crippen LogP contribution in [-0.2, 0) is 20.2 Å². The Balaban J connectivity index is 5.37. The monoisotopic (exact) mass is 280 g/mol. The zero-order valence-electron chi connectivity index (χ0n) is 9.04. The minimum atomic E-state index is -4.50. The molecule has 2 N–H and O–H groups in total. The first kappa shape index (κ1) is 15.9. The van der Waals surface area contributed by atoms with Crippen LogP contribution in [0.2, 0.25) is 0 Å². The van der Waals surface area contributed by atoms with Gasteiger partial charge < -0.3 is 0 Å². The summed E-state index contributed by atoms with van der Waals surface area (Å²) in [7, 11) is -8.98. The van der Waals surface area contributed by atoms with Crippen molar-refractivity contribution in [3.05, 3.63) is 0 Å². The summed E-state index contributed by atoms with van der Waals surface area (Å²) < 4.78 is 58.8. The van der Waals surface area contributed by atoms with Gasteiger partial charge in [0.2, 0.25) is 0 Å². The maximum atomic E-state index is 11.2. The fourth-order valence-corrected chi connectivity index (χ4v) is 2.29. The normalized spacial score (nSPS) is 15.2. The predicted molar refractivity (Wildman–Crippen MR) is 62.0 cm³/mol. The maximum absolute atomic E-state index is 11.2. The second-order valence-corrected chi connectivity index (χ2v) is 6.29. The third-order valence-electron chi connectivity index (χ3n) is 2.23. The van der Waals surface area contributed by atoms with E-state index in [-0.39, 0.29) is 12.8 Å². The Morgan fingerprint density at radius 2 is 1.71 bits per heavy atom. The molecule has 0 heterocycles. The lowest BCUT2D eigenvalue weighted by Gasteiger charge is -2.24. The van der Waals surface area contributed by atoms with Crippen molar-refractivity contribution in [3.63, 3.8) is 0 Å². The van der Waals surface area contributed by atoms with Crippen LogP contribution in [0.15, 0.2) is 0 Å². The second kappa shape index (κ2) is 5.52. The lowest BCUT2D eigenvalue weighted by molar-refractivity contribution is 0.417. The van der Waals surface area contributed by atoms with Crippen LogP contribution >= 0.6 is 0 Å². The second-order valence-electron chi connectivity index (χ2n) is 3.32. The molecule has 17 heavy (non-hydrogen) atoms. The standard InChI is InChI=1S/C9H12O6S2/c1-3-6-9(4-2,17(13,14)15)7-5-8-16(10,11)12/h1H,4,6-7H2,2H3,(H,10,11,12)(H,13,14,15). The van der Waals surface area contributed by atoms with Crippen molar-refractivity contribution in [1.29, 1.82) is 0 Å². The van der Waals surface area contributed by atoms with E-state index in [2.05, 4.69) is 5.92 Å². The van der Waals surface area contributed by atoms with E-state index in [1.54, 1.807) is 0 Å². The number of terminal acetylenes is 1. The van der Waals surface area contributed by atoms with Crippen LogP contribution in [-0.4, -0.2) is 30.7 Å². The highest BCUT2D eigenvalue weighted by molar-refractivity contribution is 7.90. The molecule has 0 saturated carbocycles. The fourth-order valence-electron chi connectivity index (χ4n) is 1.15. The quantitative estimate of drug-likeness (QED) is 0.565. The van der Waals surface area contributed by atoms with Gasteiger partial charge in [-0.2, -0.15) is 16.8 Å². The molecular formula is C9H12O6S2. The van der Waals surface area contributed by atoms with E-state index in [4.69, 9.17) is 15.5 Å². The maximum Gasteiger partial charge on any atom is 0.335 e. The van der Waals surface area contributed by atoms with E-state index in [9.17, 15) is 16.8 Å². The summed E-state index contributed by atoms with van der Waals surface area (Å²) >= 11 is 0. The number of hydrogen-bond acceptors (Lipinski definition) is 4. The van der Waals surface area contributed by atoms with Crippen molar-refractivity contribution in [2.45, 2.75) is 30.9 Å². The van der Waals surface area contributed by atoms with E-state index < -0.39 is 31.4 Å². The van der Waals surface area contributed by atoms with E-state index in [1.807, 2.05) is 5.92 Å². The molecule has 0 amide bonds. The molecule has 0 saturated heterocycles. The summed E-state index contributed by atoms with van der Waals surface area (Å²) in [6, 6.07) is 0. The Labute approximate surface area is 101 Å². The molecule has 0 rings (SSSR count). The van der Waals surface area contributed by atoms with E-state index >= 15 is 0 Å². The van der Waals surface area contributed by atoms with E-state index in [1.165, 1.54) is 12.2 Å². The van der Waals surface area contributed by atoms with Crippen LogP contribution in [0.5, 0.6) is 0 Å². The Hall–Kier alpha value is -1.06. The van der Waals surface area contributed by atoms with Crippen LogP contribution < -0.4 is 0 Å². The average molecular weight is 280 g/mol. The zero-order valence-corrected chi connectivity index (χ0v) is 10.7. The summed E-state index contributed by atoms with van der Waals surface area (Å²) in [5, 5.41) is 1.48. The van der Waals surface area contributed by atoms with Gasteiger partial charge in [0, 0.05) is 12.8 Å². The Kier molecular flexibility index (Phi) is 5.17. The van der Waals surface area contributed by atoms with Crippen LogP contribution in [0.3, 0.4) is 0 Å². The van der Waals surface area contributed by atoms with Gasteiger partial charge in [-0.1, -0.05) is 12.8 Å². The van der Waals surface area contributed by atoms with Gasteiger partial charge in [0.15, 0.2) is 0 Å². The van der Waals surface area contributed by atoms with Gasteiger partial charge in [0.05, 0.1) is 5.25 Å². The topological polar surface area (TPSA) is 109 Å². The van der Waals surface area contributed by atoms with Crippen molar-refractivity contribution in [1.82, 2.24) is 0 Å². The van der Waals surface area contributed by atoms with Crippen molar-refractivity contribution >= 4 is 20.2 Å². The minimum Gasteiger partial charge on any atom is -0.285 e. The van der Waals surface area contributed by atoms with Gasteiger partial charge in [-0.25, -0.2) is 0 Å². The van der Waals surface area contributed by atoms with Crippen molar-refractivity contribution in [3.8, 4) is 23.5 Å². The van der Waals surface area contributed by atoms with Gasteiger partial charge in [0.1, 0.15) is 4.75 Å². The largest absolute Gasteiger partial charge is 0.335 e. The average Bonchev–Trinajstić information content (AvgIpc) is 2.12. The Morgan fingerprint density at radius 3 is 2.00 bits per heavy atom. The summed E-state index contributed by atoms with van der Waals surface area (Å²) in [6.45, 7) is 1.47. The van der Waals surface area contributed by atoms with Crippen LogP contribution in [0.4, 0.5) is 0 Å². The molecule has 0 radical (unpaired) electrons. The molecule has 0 aliphatic rings. The van der Waals surface area contributed by atoms with Crippen LogP contribution in [0, 0.1) is 23.5 Å². The lowest BCUT2D eigenvalue weighted by Crippen LogP contribution is -2.37. The van der Waals surface area contributed by atoms with Crippen molar-refractivity contribution < 1.29 is 25.9 Å². The first-order chi connectivity index (χ1) is 7.58. The highest BCUT2D eigenvalue weighted by Crippen LogP contribution is 2.28. The number of hydrogen-bond donors (Lipinski definition) is 2. The molecule has 1 atom stereocenters. The lowest BCUT2D eigenvalue weighted by atomic mass is 9.98. The molecule has 0 aromatic rings. The smallest absolute Gasteiger partial charge is 0.285 e. The molecule has 1 unspecified atom stereocenters. The molecule has 0 aliphatic heterocycles. The molecule has 0 aromatic carbocycles. The van der Waals surface area contributed by atoms with Gasteiger partial charge in [0.25, 0.3) is 10.1 Å². The predicted octanol–water partition coefficient (Wildman–Crippen LogP) is 0.285. The molecule has 0 fully saturated rings. The Bertz CT molecular complexity index is 569. The van der Waals surface area contributed by atoms with E-state index in [0.717, 1.165) is 0 Å². The summed E-state index contributed by atoms with van der Waals surface area (Å²) in [5.41, 5.74) is 0. The summed E-state index contributed by atoms with van der Waals surface area (Å²) in [6.07, 6.45) is 4.19. The zero-order chi connectivity index (χ0) is 13.7. The highest BCUT2D eigenvalue weighted by atomic mass is 32.2. The van der Waals surface area contributed by atoms with Crippen molar-refractivity contribution in [2.75, 3.05) is 0 Å². The van der Waals surface area contributed by atoms with Crippen LogP contribution in [0.25, 0.3) is 0 Å². The third kappa shape index (κ3) is 4.75. The van der Waals surface area contributed by atoms with Gasteiger partial charge in [-0.3, -0.25) is 9.11 Å². The van der Waals surface area contributed by atoms with Gasteiger partial charge in [-0.05, 0) is 6.42 Å². The summed E-state index contributed by atoms with van der Waals surface area (Å²) in [4.78, 5) is 0. The number of rotatable bonds is 4. The Morgan fingerprint density at radius 1 is 1.18 bits per heavy atom. The molecule has 0 spiro atoms. The summed E-state index contributed by atoms with van der Waals surface area (Å²) in [5.74, 6) is 4.08. The molecule has 0 aliphatic carbocycles. The molecule has 96 valence electrons. The molecular weight excluding hydrogens is 268 g/mol. The first-order valence-electron chi connectivity index (χ1n) is 4.45. The first-order valence-corrected chi connectivity index (χ1v) is 7.33. The van der Waals surface area contributed by atoms with Crippen LogP contribution in [0.1, 0.15) is 26.2 Å². The SMILES string of the molecule is C#CCC(CC)(CC#CS(=O)(=O)O)S(=O)(=O)O. The third-order valence-corrected chi connectivity index (χ3v) is 4.30.